The minimum absolute atomic E-state index is 0.0607. The van der Waals surface area contributed by atoms with Gasteiger partial charge in [0.05, 0.1) is 32.6 Å². The number of nitrogens with zero attached hydrogens (tertiary/aromatic N) is 2. The number of rotatable bonds is 11. The van der Waals surface area contributed by atoms with Crippen molar-refractivity contribution in [2.24, 2.45) is 5.92 Å². The maximum atomic E-state index is 13.8. The molecule has 3 aromatic carbocycles. The van der Waals surface area contributed by atoms with Crippen LogP contribution in [0.25, 0.3) is 11.3 Å². The molecule has 4 aromatic rings. The number of aromatic amines is 1. The van der Waals surface area contributed by atoms with Crippen LogP contribution in [0, 0.1) is 5.92 Å². The summed E-state index contributed by atoms with van der Waals surface area (Å²) < 4.78 is 17.1. The molecular weight excluding hydrogens is 490 g/mol. The highest BCUT2D eigenvalue weighted by Gasteiger charge is 2.42. The summed E-state index contributed by atoms with van der Waals surface area (Å²) in [7, 11) is 3.30. The van der Waals surface area contributed by atoms with Crippen molar-refractivity contribution in [3.63, 3.8) is 0 Å². The van der Waals surface area contributed by atoms with Crippen molar-refractivity contribution in [3.05, 3.63) is 95.2 Å². The van der Waals surface area contributed by atoms with Crippen LogP contribution < -0.4 is 14.2 Å². The number of carbonyl (C=O) groups is 1. The first-order valence-electron chi connectivity index (χ1n) is 13.4. The maximum absolute atomic E-state index is 13.8. The molecule has 7 nitrogen and oxygen atoms in total. The summed E-state index contributed by atoms with van der Waals surface area (Å²) in [6.45, 7) is 5.51. The van der Waals surface area contributed by atoms with Crippen LogP contribution >= 0.6 is 0 Å². The van der Waals surface area contributed by atoms with Crippen LogP contribution in [-0.2, 0) is 6.42 Å². The lowest BCUT2D eigenvalue weighted by atomic mass is 9.95. The third kappa shape index (κ3) is 5.48. The van der Waals surface area contributed by atoms with Crippen molar-refractivity contribution in [3.8, 4) is 28.5 Å². The topological polar surface area (TPSA) is 76.7 Å². The number of methoxy groups -OCH3 is 2. The molecule has 2 heterocycles. The van der Waals surface area contributed by atoms with Gasteiger partial charge in [0.1, 0.15) is 11.4 Å². The number of ether oxygens (including phenoxy) is 3. The molecule has 1 atom stereocenters. The Kier molecular flexibility index (Phi) is 7.87. The molecule has 1 N–H and O–H groups in total. The summed E-state index contributed by atoms with van der Waals surface area (Å²) in [6, 6.07) is 23.6. The van der Waals surface area contributed by atoms with E-state index in [2.05, 4.69) is 24.0 Å². The fraction of sp³-hybridized carbons (Fsp3) is 0.312. The Morgan fingerprint density at radius 3 is 2.41 bits per heavy atom. The minimum atomic E-state index is -0.321. The van der Waals surface area contributed by atoms with Crippen LogP contribution in [0.4, 0.5) is 0 Å². The van der Waals surface area contributed by atoms with E-state index in [0.29, 0.717) is 42.7 Å². The maximum Gasteiger partial charge on any atom is 0.273 e. The number of benzene rings is 3. The van der Waals surface area contributed by atoms with Gasteiger partial charge in [0.2, 0.25) is 0 Å². The Labute approximate surface area is 229 Å². The molecule has 202 valence electrons. The first kappa shape index (κ1) is 26.4. The molecule has 1 unspecified atom stereocenters. The molecule has 0 spiro atoms. The van der Waals surface area contributed by atoms with Gasteiger partial charge in [0.25, 0.3) is 5.91 Å². The normalized spacial score (nSPS) is 14.5. The van der Waals surface area contributed by atoms with E-state index in [1.807, 2.05) is 77.7 Å². The van der Waals surface area contributed by atoms with E-state index in [9.17, 15) is 4.79 Å². The molecule has 0 fully saturated rings. The highest BCUT2D eigenvalue weighted by molar-refractivity contribution is 6.00. The van der Waals surface area contributed by atoms with E-state index in [-0.39, 0.29) is 11.9 Å². The number of H-pyrrole nitrogens is 1. The second-order valence-electron chi connectivity index (χ2n) is 10.2. The molecule has 0 aliphatic carbocycles. The van der Waals surface area contributed by atoms with Crippen LogP contribution in [0.2, 0.25) is 0 Å². The predicted octanol–water partition coefficient (Wildman–Crippen LogP) is 6.31. The third-order valence-electron chi connectivity index (χ3n) is 7.17. The van der Waals surface area contributed by atoms with Crippen molar-refractivity contribution in [2.75, 3.05) is 27.4 Å². The van der Waals surface area contributed by atoms with Gasteiger partial charge in [0, 0.05) is 17.7 Å². The van der Waals surface area contributed by atoms with E-state index < -0.39 is 0 Å². The fourth-order valence-electron chi connectivity index (χ4n) is 5.01. The molecule has 0 saturated heterocycles. The Morgan fingerprint density at radius 1 is 0.949 bits per heavy atom. The molecule has 39 heavy (non-hydrogen) atoms. The number of carbonyl (C=O) groups excluding carboxylic acids is 1. The van der Waals surface area contributed by atoms with E-state index in [4.69, 9.17) is 14.2 Å². The first-order valence-corrected chi connectivity index (χ1v) is 13.4. The molecule has 0 bridgehead atoms. The third-order valence-corrected chi connectivity index (χ3v) is 7.17. The van der Waals surface area contributed by atoms with Gasteiger partial charge >= 0.3 is 0 Å². The number of hydrogen-bond acceptors (Lipinski definition) is 5. The zero-order valence-electron chi connectivity index (χ0n) is 22.9. The molecule has 5 rings (SSSR count). The van der Waals surface area contributed by atoms with Gasteiger partial charge in [-0.25, -0.2) is 0 Å². The minimum Gasteiger partial charge on any atom is -0.497 e. The van der Waals surface area contributed by atoms with Crippen molar-refractivity contribution >= 4 is 5.91 Å². The second kappa shape index (κ2) is 11.6. The van der Waals surface area contributed by atoms with Gasteiger partial charge in [-0.2, -0.15) is 5.10 Å². The highest BCUT2D eigenvalue weighted by Crippen LogP contribution is 2.44. The van der Waals surface area contributed by atoms with Gasteiger partial charge in [-0.15, -0.1) is 0 Å². The van der Waals surface area contributed by atoms with E-state index in [0.717, 1.165) is 40.1 Å². The molecule has 1 aliphatic heterocycles. The lowest BCUT2D eigenvalue weighted by Crippen LogP contribution is -2.31. The smallest absolute Gasteiger partial charge is 0.273 e. The van der Waals surface area contributed by atoms with Crippen molar-refractivity contribution in [1.82, 2.24) is 15.1 Å². The summed E-state index contributed by atoms with van der Waals surface area (Å²) in [4.78, 5) is 15.7. The standard InChI is InChI=1S/C32H35N3O4/c1-21(2)17-19-39-26-15-12-24(20-27(26)38-4)31-28-29(23-8-6-5-7-9-23)33-34-30(28)32(36)35(31)18-16-22-10-13-25(37-3)14-11-22/h5-15,20-21,31H,16-19H2,1-4H3,(H,33,34). The Morgan fingerprint density at radius 2 is 1.72 bits per heavy atom. The first-order chi connectivity index (χ1) is 19.0. The summed E-state index contributed by atoms with van der Waals surface area (Å²) in [6.07, 6.45) is 1.66. The summed E-state index contributed by atoms with van der Waals surface area (Å²) in [5.74, 6) is 2.65. The van der Waals surface area contributed by atoms with Crippen molar-refractivity contribution < 1.29 is 19.0 Å². The quantitative estimate of drug-likeness (QED) is 0.248. The Hall–Kier alpha value is -4.26. The zero-order chi connectivity index (χ0) is 27.4. The molecule has 1 aromatic heterocycles. The summed E-state index contributed by atoms with van der Waals surface area (Å²) in [5, 5.41) is 7.62. The molecule has 7 heteroatoms. The Balaban J connectivity index is 1.51. The largest absolute Gasteiger partial charge is 0.497 e. The van der Waals surface area contributed by atoms with Crippen LogP contribution in [0.1, 0.15) is 53.5 Å². The summed E-state index contributed by atoms with van der Waals surface area (Å²) >= 11 is 0. The number of hydrogen-bond donors (Lipinski definition) is 1. The van der Waals surface area contributed by atoms with Gasteiger partial charge in [-0.3, -0.25) is 9.89 Å². The molecule has 0 radical (unpaired) electrons. The summed E-state index contributed by atoms with van der Waals surface area (Å²) in [5.41, 5.74) is 5.24. The number of amides is 1. The molecular formula is C32H35N3O4. The fourth-order valence-corrected chi connectivity index (χ4v) is 5.01. The van der Waals surface area contributed by atoms with Gasteiger partial charge < -0.3 is 19.1 Å². The lowest BCUT2D eigenvalue weighted by Gasteiger charge is -2.27. The second-order valence-corrected chi connectivity index (χ2v) is 10.2. The molecule has 0 saturated carbocycles. The van der Waals surface area contributed by atoms with Crippen LogP contribution in [0.5, 0.6) is 17.2 Å². The van der Waals surface area contributed by atoms with E-state index in [1.165, 1.54) is 0 Å². The lowest BCUT2D eigenvalue weighted by molar-refractivity contribution is 0.0745. The highest BCUT2D eigenvalue weighted by atomic mass is 16.5. The average Bonchev–Trinajstić information content (AvgIpc) is 3.51. The van der Waals surface area contributed by atoms with E-state index in [1.54, 1.807) is 14.2 Å². The van der Waals surface area contributed by atoms with Crippen LogP contribution in [0.15, 0.2) is 72.8 Å². The average molecular weight is 526 g/mol. The van der Waals surface area contributed by atoms with Crippen LogP contribution in [0.3, 0.4) is 0 Å². The SMILES string of the molecule is COc1ccc(CCN2C(=O)c3[nH]nc(-c4ccccc4)c3C2c2ccc(OCCC(C)C)c(OC)c2)cc1. The van der Waals surface area contributed by atoms with Gasteiger partial charge in [-0.05, 0) is 54.2 Å². The van der Waals surface area contributed by atoms with Crippen molar-refractivity contribution in [1.29, 1.82) is 0 Å². The zero-order valence-corrected chi connectivity index (χ0v) is 22.9. The molecule has 1 amide bonds. The Bertz CT molecular complexity index is 1410. The van der Waals surface area contributed by atoms with Crippen molar-refractivity contribution in [2.45, 2.75) is 32.7 Å². The van der Waals surface area contributed by atoms with Gasteiger partial charge in [-0.1, -0.05) is 62.4 Å². The van der Waals surface area contributed by atoms with E-state index >= 15 is 0 Å². The number of fused-ring (bicyclic) bond motifs is 1. The number of aromatic nitrogens is 2. The van der Waals surface area contributed by atoms with Crippen LogP contribution in [-0.4, -0.2) is 48.4 Å². The molecule has 1 aliphatic rings. The number of nitrogens with one attached hydrogen (secondary N) is 1. The van der Waals surface area contributed by atoms with Gasteiger partial charge in [0.15, 0.2) is 11.5 Å². The monoisotopic (exact) mass is 525 g/mol. The predicted molar refractivity (Wildman–Crippen MR) is 152 cm³/mol.